The zero-order chi connectivity index (χ0) is 16.7. The number of nitrogens with one attached hydrogen (secondary N) is 1. The second-order valence-corrected chi connectivity index (χ2v) is 6.87. The number of para-hydroxylation sites is 1. The van der Waals surface area contributed by atoms with Gasteiger partial charge in [-0.1, -0.05) is 18.2 Å². The van der Waals surface area contributed by atoms with E-state index in [1.165, 1.54) is 0 Å². The number of hydrogen-bond acceptors (Lipinski definition) is 4. The molecule has 0 saturated carbocycles. The second-order valence-electron chi connectivity index (χ2n) is 6.87. The summed E-state index contributed by atoms with van der Waals surface area (Å²) in [5, 5.41) is 20.5. The normalized spacial score (nSPS) is 26.8. The Bertz CT molecular complexity index is 748. The minimum Gasteiger partial charge on any atom is -0.390 e. The summed E-state index contributed by atoms with van der Waals surface area (Å²) in [4.78, 5) is 17.8. The van der Waals surface area contributed by atoms with Crippen molar-refractivity contribution in [3.8, 4) is 0 Å². The van der Waals surface area contributed by atoms with Crippen LogP contribution in [0.4, 0.5) is 0 Å². The van der Waals surface area contributed by atoms with Gasteiger partial charge in [0.05, 0.1) is 23.9 Å². The SMILES string of the molecule is O=C(c1c[nH]c2ccccc12)N1CCC2(CC1)C[C@@H](O)[C@@H](O)CO2. The number of aromatic nitrogens is 1. The van der Waals surface area contributed by atoms with E-state index >= 15 is 0 Å². The molecule has 1 amide bonds. The van der Waals surface area contributed by atoms with Crippen molar-refractivity contribution >= 4 is 16.8 Å². The van der Waals surface area contributed by atoms with Crippen LogP contribution in [-0.2, 0) is 4.74 Å². The number of carbonyl (C=O) groups is 1. The van der Waals surface area contributed by atoms with Crippen LogP contribution in [0.3, 0.4) is 0 Å². The van der Waals surface area contributed by atoms with Crippen LogP contribution < -0.4 is 0 Å². The quantitative estimate of drug-likeness (QED) is 0.735. The summed E-state index contributed by atoms with van der Waals surface area (Å²) in [5.74, 6) is 0.0266. The maximum absolute atomic E-state index is 12.8. The molecule has 3 heterocycles. The summed E-state index contributed by atoms with van der Waals surface area (Å²) in [6.07, 6.45) is 2.03. The van der Waals surface area contributed by atoms with Gasteiger partial charge in [0.1, 0.15) is 6.10 Å². The van der Waals surface area contributed by atoms with E-state index in [0.717, 1.165) is 10.9 Å². The fourth-order valence-corrected chi connectivity index (χ4v) is 3.83. The number of nitrogens with zero attached hydrogens (tertiary/aromatic N) is 1. The highest BCUT2D eigenvalue weighted by Crippen LogP contribution is 2.35. The Labute approximate surface area is 140 Å². The minimum atomic E-state index is -0.804. The topological polar surface area (TPSA) is 85.8 Å². The Morgan fingerprint density at radius 1 is 1.21 bits per heavy atom. The molecule has 2 aliphatic rings. The minimum absolute atomic E-state index is 0.0266. The lowest BCUT2D eigenvalue weighted by Crippen LogP contribution is -2.55. The number of fused-ring (bicyclic) bond motifs is 1. The van der Waals surface area contributed by atoms with Gasteiger partial charge in [-0.2, -0.15) is 0 Å². The second kappa shape index (κ2) is 5.88. The zero-order valence-electron chi connectivity index (χ0n) is 13.4. The lowest BCUT2D eigenvalue weighted by Gasteiger charge is -2.46. The van der Waals surface area contributed by atoms with E-state index in [4.69, 9.17) is 4.74 Å². The summed E-state index contributed by atoms with van der Waals surface area (Å²) in [7, 11) is 0. The van der Waals surface area contributed by atoms with Crippen molar-refractivity contribution in [3.63, 3.8) is 0 Å². The number of carbonyl (C=O) groups excluding carboxylic acids is 1. The molecule has 2 aliphatic heterocycles. The van der Waals surface area contributed by atoms with Gasteiger partial charge >= 0.3 is 0 Å². The van der Waals surface area contributed by atoms with Crippen LogP contribution in [0.15, 0.2) is 30.5 Å². The van der Waals surface area contributed by atoms with Crippen molar-refractivity contribution in [2.45, 2.75) is 37.1 Å². The highest BCUT2D eigenvalue weighted by molar-refractivity contribution is 6.06. The third-order valence-electron chi connectivity index (χ3n) is 5.37. The zero-order valence-corrected chi connectivity index (χ0v) is 13.4. The molecule has 2 atom stereocenters. The lowest BCUT2D eigenvalue weighted by molar-refractivity contribution is -0.185. The Balaban J connectivity index is 1.47. The molecule has 4 rings (SSSR count). The van der Waals surface area contributed by atoms with E-state index in [-0.39, 0.29) is 12.5 Å². The van der Waals surface area contributed by atoms with Crippen LogP contribution >= 0.6 is 0 Å². The predicted octanol–water partition coefficient (Wildman–Crippen LogP) is 1.28. The van der Waals surface area contributed by atoms with E-state index in [1.54, 1.807) is 6.20 Å². The van der Waals surface area contributed by atoms with Crippen LogP contribution in [-0.4, -0.2) is 63.5 Å². The van der Waals surface area contributed by atoms with Gasteiger partial charge in [-0.15, -0.1) is 0 Å². The van der Waals surface area contributed by atoms with Gasteiger partial charge in [0.15, 0.2) is 0 Å². The van der Waals surface area contributed by atoms with Gasteiger partial charge in [0.2, 0.25) is 0 Å². The van der Waals surface area contributed by atoms with Gasteiger partial charge in [-0.3, -0.25) is 4.79 Å². The van der Waals surface area contributed by atoms with E-state index in [1.807, 2.05) is 29.2 Å². The molecule has 0 bridgehead atoms. The van der Waals surface area contributed by atoms with Crippen molar-refractivity contribution in [1.29, 1.82) is 0 Å². The molecule has 1 spiro atoms. The molecular weight excluding hydrogens is 308 g/mol. The number of amides is 1. The Morgan fingerprint density at radius 3 is 2.71 bits per heavy atom. The van der Waals surface area contributed by atoms with Crippen molar-refractivity contribution < 1.29 is 19.7 Å². The summed E-state index contributed by atoms with van der Waals surface area (Å²) >= 11 is 0. The molecule has 128 valence electrons. The number of piperidine rings is 1. The Hall–Kier alpha value is -1.89. The number of aromatic amines is 1. The van der Waals surface area contributed by atoms with E-state index in [0.29, 0.717) is 37.9 Å². The fourth-order valence-electron chi connectivity index (χ4n) is 3.83. The van der Waals surface area contributed by atoms with Crippen LogP contribution in [0.1, 0.15) is 29.6 Å². The molecule has 6 heteroatoms. The maximum atomic E-state index is 12.8. The average Bonchev–Trinajstić information content (AvgIpc) is 3.03. The molecule has 2 fully saturated rings. The number of likely N-dealkylation sites (tertiary alicyclic amines) is 1. The van der Waals surface area contributed by atoms with Crippen molar-refractivity contribution in [1.82, 2.24) is 9.88 Å². The van der Waals surface area contributed by atoms with Crippen LogP contribution in [0.25, 0.3) is 10.9 Å². The summed E-state index contributed by atoms with van der Waals surface area (Å²) < 4.78 is 5.82. The third kappa shape index (κ3) is 2.60. The number of aliphatic hydroxyl groups excluding tert-OH is 2. The summed E-state index contributed by atoms with van der Waals surface area (Å²) in [6, 6.07) is 7.78. The smallest absolute Gasteiger partial charge is 0.256 e. The monoisotopic (exact) mass is 330 g/mol. The first-order valence-electron chi connectivity index (χ1n) is 8.43. The number of hydrogen-bond donors (Lipinski definition) is 3. The number of H-pyrrole nitrogens is 1. The first-order chi connectivity index (χ1) is 11.6. The molecule has 6 nitrogen and oxygen atoms in total. The van der Waals surface area contributed by atoms with Crippen LogP contribution in [0.2, 0.25) is 0 Å². The van der Waals surface area contributed by atoms with Crippen molar-refractivity contribution in [2.24, 2.45) is 0 Å². The molecule has 2 saturated heterocycles. The molecule has 1 aromatic heterocycles. The first kappa shape index (κ1) is 15.6. The van der Waals surface area contributed by atoms with E-state index in [2.05, 4.69) is 4.98 Å². The van der Waals surface area contributed by atoms with Gasteiger partial charge in [0, 0.05) is 36.6 Å². The van der Waals surface area contributed by atoms with Crippen molar-refractivity contribution in [3.05, 3.63) is 36.0 Å². The number of benzene rings is 1. The molecule has 0 radical (unpaired) electrons. The summed E-state index contributed by atoms with van der Waals surface area (Å²) in [5.41, 5.74) is 1.25. The van der Waals surface area contributed by atoms with Crippen LogP contribution in [0, 0.1) is 0 Å². The third-order valence-corrected chi connectivity index (χ3v) is 5.37. The first-order valence-corrected chi connectivity index (χ1v) is 8.43. The molecule has 24 heavy (non-hydrogen) atoms. The van der Waals surface area contributed by atoms with Gasteiger partial charge in [-0.05, 0) is 18.9 Å². The number of rotatable bonds is 1. The Kier molecular flexibility index (Phi) is 3.83. The molecule has 1 aromatic carbocycles. The Morgan fingerprint density at radius 2 is 1.96 bits per heavy atom. The highest BCUT2D eigenvalue weighted by atomic mass is 16.5. The average molecular weight is 330 g/mol. The van der Waals surface area contributed by atoms with Gasteiger partial charge in [-0.25, -0.2) is 0 Å². The van der Waals surface area contributed by atoms with Gasteiger partial charge in [0.25, 0.3) is 5.91 Å². The maximum Gasteiger partial charge on any atom is 0.256 e. The van der Waals surface area contributed by atoms with E-state index in [9.17, 15) is 15.0 Å². The number of ether oxygens (including phenoxy) is 1. The standard InChI is InChI=1S/C18H22N2O4/c21-15-9-18(24-11-16(15)22)5-7-20(8-6-18)17(23)13-10-19-14-4-2-1-3-12(13)14/h1-4,10,15-16,19,21-22H,5-9,11H2/t15-,16+/m1/s1. The lowest BCUT2D eigenvalue weighted by atomic mass is 9.82. The van der Waals surface area contributed by atoms with Crippen molar-refractivity contribution in [2.75, 3.05) is 19.7 Å². The predicted molar refractivity (Wildman–Crippen MR) is 88.7 cm³/mol. The fraction of sp³-hybridized carbons (Fsp3) is 0.500. The van der Waals surface area contributed by atoms with E-state index < -0.39 is 17.8 Å². The summed E-state index contributed by atoms with van der Waals surface area (Å²) in [6.45, 7) is 1.36. The molecule has 3 N–H and O–H groups in total. The van der Waals surface area contributed by atoms with Gasteiger partial charge < -0.3 is 24.8 Å². The molecule has 0 aliphatic carbocycles. The number of aliphatic hydroxyl groups is 2. The molecule has 2 aromatic rings. The highest BCUT2D eigenvalue weighted by Gasteiger charge is 2.43. The molecular formula is C18H22N2O4. The molecule has 0 unspecified atom stereocenters. The van der Waals surface area contributed by atoms with Crippen LogP contribution in [0.5, 0.6) is 0 Å². The largest absolute Gasteiger partial charge is 0.390 e.